The third-order valence-electron chi connectivity index (χ3n) is 1.41. The van der Waals surface area contributed by atoms with Gasteiger partial charge in [0.15, 0.2) is 0 Å². The third kappa shape index (κ3) is 1.39. The molecule has 1 heterocycles. The van der Waals surface area contributed by atoms with Crippen LogP contribution >= 0.6 is 9.24 Å². The molecule has 0 fully saturated rings. The van der Waals surface area contributed by atoms with Gasteiger partial charge >= 0.3 is 0 Å². The van der Waals surface area contributed by atoms with Gasteiger partial charge in [-0.05, 0) is 12.1 Å². The van der Waals surface area contributed by atoms with Crippen molar-refractivity contribution in [3.8, 4) is 0 Å². The Labute approximate surface area is 66.4 Å². The lowest BCUT2D eigenvalue weighted by Crippen LogP contribution is -1.91. The molecule has 0 saturated carbocycles. The number of hydrogen-bond donors (Lipinski definition) is 1. The first-order valence-electron chi connectivity index (χ1n) is 3.06. The third-order valence-corrected chi connectivity index (χ3v) is 1.68. The molecule has 2 aromatic rings. The minimum atomic E-state index is 0. The second-order valence-electron chi connectivity index (χ2n) is 2.14. The van der Waals surface area contributed by atoms with E-state index in [1.54, 1.807) is 0 Å². The molecule has 0 bridgehead atoms. The van der Waals surface area contributed by atoms with Crippen molar-refractivity contribution in [2.45, 2.75) is 0 Å². The Morgan fingerprint density at radius 2 is 2.00 bits per heavy atom. The van der Waals surface area contributed by atoms with E-state index in [9.17, 15) is 0 Å². The summed E-state index contributed by atoms with van der Waals surface area (Å²) in [7, 11) is 2.54. The van der Waals surface area contributed by atoms with Crippen LogP contribution in [0.4, 0.5) is 0 Å². The van der Waals surface area contributed by atoms with E-state index < -0.39 is 0 Å². The fourth-order valence-corrected chi connectivity index (χ4v) is 1.27. The maximum atomic E-state index is 4.22. The number of benzene rings is 1. The summed E-state index contributed by atoms with van der Waals surface area (Å²) < 4.78 is 0. The Hall–Kier alpha value is -0.920. The van der Waals surface area contributed by atoms with Gasteiger partial charge in [-0.25, -0.2) is 4.98 Å². The van der Waals surface area contributed by atoms with Crippen molar-refractivity contribution in [3.05, 3.63) is 24.3 Å². The molecule has 0 aliphatic carbocycles. The first kappa shape index (κ1) is 8.18. The van der Waals surface area contributed by atoms with Gasteiger partial charge in [0.2, 0.25) is 0 Å². The summed E-state index contributed by atoms with van der Waals surface area (Å²) in [5.74, 6) is 0. The Bertz CT molecular complexity index is 325. The van der Waals surface area contributed by atoms with Crippen LogP contribution in [0.1, 0.15) is 0 Å². The smallest absolute Gasteiger partial charge is 0.123 e. The van der Waals surface area contributed by atoms with E-state index in [1.165, 1.54) is 0 Å². The molecule has 0 saturated heterocycles. The zero-order chi connectivity index (χ0) is 6.97. The molecule has 4 heteroatoms. The van der Waals surface area contributed by atoms with Crippen LogP contribution in [0.3, 0.4) is 0 Å². The number of imidazole rings is 1. The summed E-state index contributed by atoms with van der Waals surface area (Å²) in [6.07, 6.45) is 0. The van der Waals surface area contributed by atoms with Gasteiger partial charge in [-0.2, -0.15) is 0 Å². The summed E-state index contributed by atoms with van der Waals surface area (Å²) in [5.41, 5.74) is 3.00. The molecule has 0 radical (unpaired) electrons. The second-order valence-corrected chi connectivity index (χ2v) is 2.69. The average Bonchev–Trinajstić information content (AvgIpc) is 2.27. The fraction of sp³-hybridized carbons (Fsp3) is 0. The number of rotatable bonds is 0. The highest BCUT2D eigenvalue weighted by atomic mass is 31.0. The van der Waals surface area contributed by atoms with Crippen LogP contribution in [-0.2, 0) is 0 Å². The zero-order valence-electron chi connectivity index (χ0n) is 5.83. The van der Waals surface area contributed by atoms with Crippen molar-refractivity contribution in [3.63, 3.8) is 0 Å². The molecule has 1 atom stereocenters. The largest absolute Gasteiger partial charge is 0.412 e. The van der Waals surface area contributed by atoms with Crippen LogP contribution in [-0.4, -0.2) is 15.4 Å². The standard InChI is InChI=1S/C7H7N2P.H2O/c10-7-8-5-3-1-2-4-6(5)9-7;/h1-4H,10H2,(H,8,9);1H2. The number of fused-ring (bicyclic) bond motifs is 1. The Kier molecular flexibility index (Phi) is 2.22. The lowest BCUT2D eigenvalue weighted by Gasteiger charge is -1.81. The van der Waals surface area contributed by atoms with Crippen LogP contribution in [0.5, 0.6) is 0 Å². The molecule has 58 valence electrons. The van der Waals surface area contributed by atoms with E-state index in [0.717, 1.165) is 16.6 Å². The molecule has 3 nitrogen and oxygen atoms in total. The molecular formula is C7H9N2OP. The van der Waals surface area contributed by atoms with Crippen molar-refractivity contribution in [2.24, 2.45) is 0 Å². The number of nitrogens with zero attached hydrogens (tertiary/aromatic N) is 1. The highest BCUT2D eigenvalue weighted by Gasteiger charge is 1.94. The van der Waals surface area contributed by atoms with Crippen LogP contribution in [0, 0.1) is 0 Å². The summed E-state index contributed by atoms with van der Waals surface area (Å²) in [5, 5.41) is 0. The molecule has 1 aromatic carbocycles. The summed E-state index contributed by atoms with van der Waals surface area (Å²) in [4.78, 5) is 7.33. The van der Waals surface area contributed by atoms with E-state index in [-0.39, 0.29) is 5.48 Å². The van der Waals surface area contributed by atoms with E-state index in [2.05, 4.69) is 19.2 Å². The van der Waals surface area contributed by atoms with Crippen molar-refractivity contribution < 1.29 is 5.48 Å². The average molecular weight is 168 g/mol. The van der Waals surface area contributed by atoms with Gasteiger partial charge in [0.1, 0.15) is 5.57 Å². The van der Waals surface area contributed by atoms with Crippen molar-refractivity contribution in [1.82, 2.24) is 9.97 Å². The molecule has 0 aliphatic rings. The Morgan fingerprint density at radius 3 is 2.73 bits per heavy atom. The first-order chi connectivity index (χ1) is 4.86. The van der Waals surface area contributed by atoms with Gasteiger partial charge in [0, 0.05) is 0 Å². The lowest BCUT2D eigenvalue weighted by atomic mass is 10.3. The molecule has 0 aliphatic heterocycles. The zero-order valence-corrected chi connectivity index (χ0v) is 6.99. The van der Waals surface area contributed by atoms with Gasteiger partial charge < -0.3 is 10.5 Å². The second kappa shape index (κ2) is 2.99. The molecule has 3 N–H and O–H groups in total. The van der Waals surface area contributed by atoms with Gasteiger partial charge in [-0.15, -0.1) is 0 Å². The highest BCUT2D eigenvalue weighted by molar-refractivity contribution is 7.26. The number of H-pyrrole nitrogens is 1. The molecule has 0 spiro atoms. The first-order valence-corrected chi connectivity index (χ1v) is 3.64. The molecular weight excluding hydrogens is 159 g/mol. The molecule has 1 unspecified atom stereocenters. The number of nitrogens with one attached hydrogen (secondary N) is 1. The predicted molar refractivity (Wildman–Crippen MR) is 49.1 cm³/mol. The topological polar surface area (TPSA) is 60.2 Å². The monoisotopic (exact) mass is 168 g/mol. The van der Waals surface area contributed by atoms with Gasteiger partial charge in [0.05, 0.1) is 11.0 Å². The maximum Gasteiger partial charge on any atom is 0.123 e. The fourth-order valence-electron chi connectivity index (χ4n) is 0.973. The van der Waals surface area contributed by atoms with Gasteiger partial charge in [0.25, 0.3) is 0 Å². The maximum absolute atomic E-state index is 4.22. The van der Waals surface area contributed by atoms with Crippen LogP contribution in [0.15, 0.2) is 24.3 Å². The minimum Gasteiger partial charge on any atom is -0.412 e. The van der Waals surface area contributed by atoms with Crippen molar-refractivity contribution >= 4 is 25.8 Å². The van der Waals surface area contributed by atoms with Crippen LogP contribution < -0.4 is 5.57 Å². The molecule has 11 heavy (non-hydrogen) atoms. The molecule has 0 amide bonds. The van der Waals surface area contributed by atoms with Crippen molar-refractivity contribution in [2.75, 3.05) is 0 Å². The Morgan fingerprint density at radius 1 is 1.27 bits per heavy atom. The quantitative estimate of drug-likeness (QED) is 0.562. The summed E-state index contributed by atoms with van der Waals surface area (Å²) in [6, 6.07) is 7.97. The summed E-state index contributed by atoms with van der Waals surface area (Å²) >= 11 is 0. The van der Waals surface area contributed by atoms with Crippen molar-refractivity contribution in [1.29, 1.82) is 0 Å². The van der Waals surface area contributed by atoms with E-state index in [1.807, 2.05) is 24.3 Å². The van der Waals surface area contributed by atoms with Gasteiger partial charge in [-0.3, -0.25) is 0 Å². The number of hydrogen-bond acceptors (Lipinski definition) is 1. The number of aromatic nitrogens is 2. The lowest BCUT2D eigenvalue weighted by molar-refractivity contribution is 0.824. The van der Waals surface area contributed by atoms with E-state index in [4.69, 9.17) is 0 Å². The molecule has 2 rings (SSSR count). The normalized spacial score (nSPS) is 9.55. The van der Waals surface area contributed by atoms with Gasteiger partial charge in [-0.1, -0.05) is 21.4 Å². The summed E-state index contributed by atoms with van der Waals surface area (Å²) in [6.45, 7) is 0. The van der Waals surface area contributed by atoms with E-state index >= 15 is 0 Å². The van der Waals surface area contributed by atoms with Crippen LogP contribution in [0.25, 0.3) is 11.0 Å². The number of aromatic amines is 1. The molecule has 1 aromatic heterocycles. The minimum absolute atomic E-state index is 0. The Balaban J connectivity index is 0.000000605. The number of para-hydroxylation sites is 2. The van der Waals surface area contributed by atoms with E-state index in [0.29, 0.717) is 0 Å². The predicted octanol–water partition coefficient (Wildman–Crippen LogP) is 0.239. The van der Waals surface area contributed by atoms with Crippen LogP contribution in [0.2, 0.25) is 0 Å². The highest BCUT2D eigenvalue weighted by Crippen LogP contribution is 2.06. The SMILES string of the molecule is O.Pc1nc2ccccc2[nH]1.